The third kappa shape index (κ3) is 1.31. The molecule has 1 saturated carbocycles. The summed E-state index contributed by atoms with van der Waals surface area (Å²) in [5, 5.41) is 9.02. The van der Waals surface area contributed by atoms with Gasteiger partial charge in [0.2, 0.25) is 0 Å². The largest absolute Gasteiger partial charge is 0.472 e. The molecule has 1 aromatic heterocycles. The number of furan rings is 1. The minimum Gasteiger partial charge on any atom is -0.472 e. The maximum Gasteiger partial charge on any atom is 0.0934 e. The van der Waals surface area contributed by atoms with E-state index in [1.807, 2.05) is 6.07 Å². The topological polar surface area (TPSA) is 33.4 Å². The van der Waals surface area contributed by atoms with Crippen LogP contribution in [-0.2, 0) is 6.42 Å². The summed E-state index contributed by atoms with van der Waals surface area (Å²) in [5.41, 5.74) is 1.42. The van der Waals surface area contributed by atoms with E-state index in [1.54, 1.807) is 12.5 Å². The quantitative estimate of drug-likeness (QED) is 0.713. The zero-order valence-electron chi connectivity index (χ0n) is 6.42. The van der Waals surface area contributed by atoms with Crippen molar-refractivity contribution in [2.75, 3.05) is 6.61 Å². The van der Waals surface area contributed by atoms with Gasteiger partial charge in [-0.3, -0.25) is 0 Å². The molecular weight excluding hydrogens is 140 g/mol. The van der Waals surface area contributed by atoms with Crippen LogP contribution >= 0.6 is 0 Å². The van der Waals surface area contributed by atoms with Crippen molar-refractivity contribution in [1.29, 1.82) is 0 Å². The Morgan fingerprint density at radius 3 is 2.82 bits per heavy atom. The first-order chi connectivity index (χ1) is 5.35. The summed E-state index contributed by atoms with van der Waals surface area (Å²) in [7, 11) is 0. The molecule has 1 aliphatic carbocycles. The molecule has 1 aromatic rings. The van der Waals surface area contributed by atoms with Crippen molar-refractivity contribution in [2.24, 2.45) is 5.41 Å². The fourth-order valence-electron chi connectivity index (χ4n) is 1.39. The van der Waals surface area contributed by atoms with Gasteiger partial charge >= 0.3 is 0 Å². The highest BCUT2D eigenvalue weighted by molar-refractivity contribution is 5.12. The zero-order chi connectivity index (χ0) is 7.73. The SMILES string of the molecule is OCC1(Cc2ccoc2)CC1. The van der Waals surface area contributed by atoms with Crippen LogP contribution in [0.1, 0.15) is 18.4 Å². The molecule has 60 valence electrons. The van der Waals surface area contributed by atoms with Gasteiger partial charge in [0, 0.05) is 6.61 Å². The van der Waals surface area contributed by atoms with Crippen molar-refractivity contribution in [2.45, 2.75) is 19.3 Å². The second-order valence-corrected chi connectivity index (χ2v) is 3.47. The fraction of sp³-hybridized carbons (Fsp3) is 0.556. The van der Waals surface area contributed by atoms with Gasteiger partial charge in [-0.1, -0.05) is 0 Å². The molecular formula is C9H12O2. The van der Waals surface area contributed by atoms with Crippen LogP contribution in [0.3, 0.4) is 0 Å². The van der Waals surface area contributed by atoms with E-state index in [4.69, 9.17) is 9.52 Å². The van der Waals surface area contributed by atoms with Crippen LogP contribution in [0.15, 0.2) is 23.0 Å². The van der Waals surface area contributed by atoms with Crippen molar-refractivity contribution in [3.63, 3.8) is 0 Å². The molecule has 0 amide bonds. The van der Waals surface area contributed by atoms with Crippen LogP contribution in [0.4, 0.5) is 0 Å². The van der Waals surface area contributed by atoms with Crippen molar-refractivity contribution in [3.05, 3.63) is 24.2 Å². The molecule has 1 heterocycles. The Morgan fingerprint density at radius 1 is 1.55 bits per heavy atom. The molecule has 1 N–H and O–H groups in total. The Bertz CT molecular complexity index is 222. The molecule has 1 fully saturated rings. The molecule has 0 spiro atoms. The average molecular weight is 152 g/mol. The molecule has 11 heavy (non-hydrogen) atoms. The number of aliphatic hydroxyl groups excluding tert-OH is 1. The highest BCUT2D eigenvalue weighted by Crippen LogP contribution is 2.47. The van der Waals surface area contributed by atoms with Gasteiger partial charge in [-0.05, 0) is 36.3 Å². The molecule has 2 nitrogen and oxygen atoms in total. The smallest absolute Gasteiger partial charge is 0.0934 e. The van der Waals surface area contributed by atoms with Gasteiger partial charge in [-0.25, -0.2) is 0 Å². The van der Waals surface area contributed by atoms with Crippen molar-refractivity contribution < 1.29 is 9.52 Å². The number of rotatable bonds is 3. The van der Waals surface area contributed by atoms with Gasteiger partial charge in [0.1, 0.15) is 0 Å². The Balaban J connectivity index is 2.01. The second-order valence-electron chi connectivity index (χ2n) is 3.47. The van der Waals surface area contributed by atoms with Gasteiger partial charge in [0.05, 0.1) is 12.5 Å². The van der Waals surface area contributed by atoms with Crippen LogP contribution in [-0.4, -0.2) is 11.7 Å². The predicted molar refractivity (Wildman–Crippen MR) is 41.2 cm³/mol. The van der Waals surface area contributed by atoms with Gasteiger partial charge in [-0.2, -0.15) is 0 Å². The summed E-state index contributed by atoms with van der Waals surface area (Å²) >= 11 is 0. The molecule has 0 bridgehead atoms. The standard InChI is InChI=1S/C9H12O2/c10-7-9(2-3-9)5-8-1-4-11-6-8/h1,4,6,10H,2-3,5,7H2. The highest BCUT2D eigenvalue weighted by Gasteiger charge is 2.41. The van der Waals surface area contributed by atoms with Crippen LogP contribution in [0, 0.1) is 5.41 Å². The molecule has 0 radical (unpaired) electrons. The minimum absolute atomic E-state index is 0.212. The first kappa shape index (κ1) is 6.92. The van der Waals surface area contributed by atoms with Gasteiger partial charge in [0.25, 0.3) is 0 Å². The molecule has 0 atom stereocenters. The third-order valence-corrected chi connectivity index (χ3v) is 2.45. The van der Waals surface area contributed by atoms with Crippen LogP contribution < -0.4 is 0 Å². The maximum atomic E-state index is 9.02. The lowest BCUT2D eigenvalue weighted by Gasteiger charge is -2.07. The van der Waals surface area contributed by atoms with Gasteiger partial charge in [-0.15, -0.1) is 0 Å². The molecule has 1 aliphatic rings. The molecule has 0 aromatic carbocycles. The Hall–Kier alpha value is -0.760. The van der Waals surface area contributed by atoms with E-state index in [9.17, 15) is 0 Å². The molecule has 0 saturated heterocycles. The summed E-state index contributed by atoms with van der Waals surface area (Å²) in [6.07, 6.45) is 6.74. The molecule has 2 rings (SSSR count). The van der Waals surface area contributed by atoms with Crippen molar-refractivity contribution in [1.82, 2.24) is 0 Å². The van der Waals surface area contributed by atoms with E-state index in [-0.39, 0.29) is 5.41 Å². The number of hydrogen-bond acceptors (Lipinski definition) is 2. The van der Waals surface area contributed by atoms with Gasteiger partial charge < -0.3 is 9.52 Å². The Labute approximate surface area is 65.8 Å². The maximum absolute atomic E-state index is 9.02. The second kappa shape index (κ2) is 2.38. The van der Waals surface area contributed by atoms with Crippen LogP contribution in [0.5, 0.6) is 0 Å². The first-order valence-electron chi connectivity index (χ1n) is 3.97. The average Bonchev–Trinajstić information content (AvgIpc) is 2.59. The third-order valence-electron chi connectivity index (χ3n) is 2.45. The number of hydrogen-bond donors (Lipinski definition) is 1. The fourth-order valence-corrected chi connectivity index (χ4v) is 1.39. The summed E-state index contributed by atoms with van der Waals surface area (Å²) in [5.74, 6) is 0. The van der Waals surface area contributed by atoms with Crippen molar-refractivity contribution >= 4 is 0 Å². The van der Waals surface area contributed by atoms with E-state index in [0.29, 0.717) is 6.61 Å². The summed E-state index contributed by atoms with van der Waals surface area (Å²) in [4.78, 5) is 0. The first-order valence-corrected chi connectivity index (χ1v) is 3.97. The van der Waals surface area contributed by atoms with E-state index < -0.39 is 0 Å². The van der Waals surface area contributed by atoms with E-state index >= 15 is 0 Å². The Kier molecular flexibility index (Phi) is 1.50. The summed E-state index contributed by atoms with van der Waals surface area (Å²) < 4.78 is 4.95. The lowest BCUT2D eigenvalue weighted by molar-refractivity contribution is 0.211. The zero-order valence-corrected chi connectivity index (χ0v) is 6.42. The highest BCUT2D eigenvalue weighted by atomic mass is 16.3. The summed E-state index contributed by atoms with van der Waals surface area (Å²) in [6.45, 7) is 0.318. The monoisotopic (exact) mass is 152 g/mol. The van der Waals surface area contributed by atoms with Crippen LogP contribution in [0.2, 0.25) is 0 Å². The molecule has 0 aliphatic heterocycles. The lowest BCUT2D eigenvalue weighted by atomic mass is 10.00. The van der Waals surface area contributed by atoms with Crippen LogP contribution in [0.25, 0.3) is 0 Å². The van der Waals surface area contributed by atoms with E-state index in [2.05, 4.69) is 0 Å². The minimum atomic E-state index is 0.212. The van der Waals surface area contributed by atoms with Gasteiger partial charge in [0.15, 0.2) is 0 Å². The number of aliphatic hydroxyl groups is 1. The van der Waals surface area contributed by atoms with E-state index in [0.717, 1.165) is 19.3 Å². The lowest BCUT2D eigenvalue weighted by Crippen LogP contribution is -2.09. The normalized spacial score (nSPS) is 20.1. The van der Waals surface area contributed by atoms with Crippen molar-refractivity contribution in [3.8, 4) is 0 Å². The molecule has 0 unspecified atom stereocenters. The van der Waals surface area contributed by atoms with E-state index in [1.165, 1.54) is 5.56 Å². The predicted octanol–water partition coefficient (Wildman–Crippen LogP) is 1.59. The Morgan fingerprint density at radius 2 is 2.36 bits per heavy atom. The molecule has 2 heteroatoms. The summed E-state index contributed by atoms with van der Waals surface area (Å²) in [6, 6.07) is 1.97.